The summed E-state index contributed by atoms with van der Waals surface area (Å²) in [5.74, 6) is 0.0739. The van der Waals surface area contributed by atoms with E-state index in [0.29, 0.717) is 6.54 Å². The van der Waals surface area contributed by atoms with Gasteiger partial charge in [-0.1, -0.05) is 12.1 Å². The summed E-state index contributed by atoms with van der Waals surface area (Å²) in [6.45, 7) is 5.22. The van der Waals surface area contributed by atoms with Crippen LogP contribution in [0.5, 0.6) is 0 Å². The molecule has 100 valence electrons. The second kappa shape index (κ2) is 7.01. The lowest BCUT2D eigenvalue weighted by molar-refractivity contribution is -0.122. The molecule has 0 heterocycles. The van der Waals surface area contributed by atoms with Crippen LogP contribution in [-0.4, -0.2) is 37.0 Å². The Morgan fingerprint density at radius 3 is 2.50 bits per heavy atom. The van der Waals surface area contributed by atoms with Gasteiger partial charge in [-0.2, -0.15) is 0 Å². The van der Waals surface area contributed by atoms with Crippen molar-refractivity contribution in [1.29, 1.82) is 0 Å². The summed E-state index contributed by atoms with van der Waals surface area (Å²) in [4.78, 5) is 13.6. The van der Waals surface area contributed by atoms with Crippen molar-refractivity contribution in [2.75, 3.05) is 25.9 Å². The molecule has 1 amide bonds. The fourth-order valence-corrected chi connectivity index (χ4v) is 1.70. The summed E-state index contributed by atoms with van der Waals surface area (Å²) in [7, 11) is 1.96. The zero-order chi connectivity index (χ0) is 13.5. The topological polar surface area (TPSA) is 58.4 Å². The van der Waals surface area contributed by atoms with Crippen LogP contribution in [0, 0.1) is 0 Å². The number of nitrogens with one attached hydrogen (secondary N) is 1. The summed E-state index contributed by atoms with van der Waals surface area (Å²) in [6, 6.07) is 8.05. The second-order valence-electron chi connectivity index (χ2n) is 4.95. The molecule has 0 atom stereocenters. The number of carbonyl (C=O) groups is 1. The van der Waals surface area contributed by atoms with E-state index in [-0.39, 0.29) is 11.9 Å². The molecule has 0 aliphatic rings. The van der Waals surface area contributed by atoms with Gasteiger partial charge in [-0.3, -0.25) is 9.69 Å². The maximum absolute atomic E-state index is 11.6. The monoisotopic (exact) mass is 249 g/mol. The fourth-order valence-electron chi connectivity index (χ4n) is 1.70. The molecule has 1 aromatic carbocycles. The minimum Gasteiger partial charge on any atom is -0.399 e. The molecule has 0 aromatic heterocycles. The van der Waals surface area contributed by atoms with Gasteiger partial charge in [-0.25, -0.2) is 0 Å². The predicted molar refractivity (Wildman–Crippen MR) is 75.3 cm³/mol. The van der Waals surface area contributed by atoms with Crippen molar-refractivity contribution in [2.45, 2.75) is 26.3 Å². The van der Waals surface area contributed by atoms with Crippen LogP contribution in [0.1, 0.15) is 19.4 Å². The van der Waals surface area contributed by atoms with E-state index in [9.17, 15) is 4.79 Å². The van der Waals surface area contributed by atoms with Gasteiger partial charge in [0, 0.05) is 18.3 Å². The van der Waals surface area contributed by atoms with Gasteiger partial charge in [0.15, 0.2) is 0 Å². The van der Waals surface area contributed by atoms with Crippen molar-refractivity contribution in [3.8, 4) is 0 Å². The highest BCUT2D eigenvalue weighted by Gasteiger charge is 2.07. The highest BCUT2D eigenvalue weighted by Crippen LogP contribution is 2.06. The Kier molecular flexibility index (Phi) is 5.65. The highest BCUT2D eigenvalue weighted by atomic mass is 16.2. The quantitative estimate of drug-likeness (QED) is 0.746. The summed E-state index contributed by atoms with van der Waals surface area (Å²) in [5.41, 5.74) is 7.65. The van der Waals surface area contributed by atoms with Crippen LogP contribution in [0.15, 0.2) is 24.3 Å². The zero-order valence-corrected chi connectivity index (χ0v) is 11.4. The number of likely N-dealkylation sites (N-methyl/N-ethyl adjacent to an activating group) is 1. The average molecular weight is 249 g/mol. The van der Waals surface area contributed by atoms with Gasteiger partial charge in [0.1, 0.15) is 0 Å². The van der Waals surface area contributed by atoms with E-state index in [1.54, 1.807) is 0 Å². The maximum Gasteiger partial charge on any atom is 0.234 e. The SMILES string of the molecule is CC(C)NC(=O)CN(C)CCc1ccc(N)cc1. The van der Waals surface area contributed by atoms with Crippen molar-refractivity contribution in [3.63, 3.8) is 0 Å². The zero-order valence-electron chi connectivity index (χ0n) is 11.4. The Hall–Kier alpha value is -1.55. The molecule has 0 fully saturated rings. The third kappa shape index (κ3) is 5.68. The maximum atomic E-state index is 11.6. The number of nitrogens with zero attached hydrogens (tertiary/aromatic N) is 1. The Bertz CT molecular complexity index is 373. The molecular weight excluding hydrogens is 226 g/mol. The number of hydrogen-bond donors (Lipinski definition) is 2. The Labute approximate surface area is 109 Å². The van der Waals surface area contributed by atoms with E-state index in [1.807, 2.05) is 50.1 Å². The summed E-state index contributed by atoms with van der Waals surface area (Å²) in [6.07, 6.45) is 0.922. The van der Waals surface area contributed by atoms with E-state index < -0.39 is 0 Å². The van der Waals surface area contributed by atoms with E-state index in [2.05, 4.69) is 5.32 Å². The van der Waals surface area contributed by atoms with Crippen LogP contribution in [0.25, 0.3) is 0 Å². The number of anilines is 1. The third-order valence-corrected chi connectivity index (χ3v) is 2.63. The van der Waals surface area contributed by atoms with Crippen molar-refractivity contribution >= 4 is 11.6 Å². The molecule has 0 unspecified atom stereocenters. The molecule has 0 saturated heterocycles. The van der Waals surface area contributed by atoms with Crippen LogP contribution in [0.2, 0.25) is 0 Å². The first-order valence-corrected chi connectivity index (χ1v) is 6.29. The molecule has 0 saturated carbocycles. The van der Waals surface area contributed by atoms with Gasteiger partial charge < -0.3 is 11.1 Å². The Morgan fingerprint density at radius 2 is 1.94 bits per heavy atom. The van der Waals surface area contributed by atoms with Crippen molar-refractivity contribution in [1.82, 2.24) is 10.2 Å². The second-order valence-corrected chi connectivity index (χ2v) is 4.95. The predicted octanol–water partition coefficient (Wildman–Crippen LogP) is 1.27. The van der Waals surface area contributed by atoms with Gasteiger partial charge in [0.2, 0.25) is 5.91 Å². The van der Waals surface area contributed by atoms with E-state index in [1.165, 1.54) is 5.56 Å². The molecule has 0 spiro atoms. The van der Waals surface area contributed by atoms with E-state index >= 15 is 0 Å². The Morgan fingerprint density at radius 1 is 1.33 bits per heavy atom. The number of nitrogen functional groups attached to an aromatic ring is 1. The Balaban J connectivity index is 2.30. The lowest BCUT2D eigenvalue weighted by Crippen LogP contribution is -2.39. The molecule has 3 N–H and O–H groups in total. The van der Waals surface area contributed by atoms with Gasteiger partial charge in [-0.05, 0) is 45.0 Å². The third-order valence-electron chi connectivity index (χ3n) is 2.63. The standard InChI is InChI=1S/C14H23N3O/c1-11(2)16-14(18)10-17(3)9-8-12-4-6-13(15)7-5-12/h4-7,11H,8-10,15H2,1-3H3,(H,16,18). The van der Waals surface area contributed by atoms with Crippen LogP contribution in [0.3, 0.4) is 0 Å². The van der Waals surface area contributed by atoms with Crippen LogP contribution in [-0.2, 0) is 11.2 Å². The number of nitrogens with two attached hydrogens (primary N) is 1. The lowest BCUT2D eigenvalue weighted by Gasteiger charge is -2.17. The lowest BCUT2D eigenvalue weighted by atomic mass is 10.1. The molecule has 4 nitrogen and oxygen atoms in total. The molecule has 0 aliphatic heterocycles. The molecule has 18 heavy (non-hydrogen) atoms. The van der Waals surface area contributed by atoms with Crippen molar-refractivity contribution in [3.05, 3.63) is 29.8 Å². The minimum atomic E-state index is 0.0739. The molecule has 4 heteroatoms. The van der Waals surface area contributed by atoms with Gasteiger partial charge >= 0.3 is 0 Å². The van der Waals surface area contributed by atoms with Crippen LogP contribution in [0.4, 0.5) is 5.69 Å². The van der Waals surface area contributed by atoms with Crippen molar-refractivity contribution in [2.24, 2.45) is 0 Å². The molecule has 0 radical (unpaired) electrons. The fraction of sp³-hybridized carbons (Fsp3) is 0.500. The van der Waals surface area contributed by atoms with Crippen LogP contribution < -0.4 is 11.1 Å². The van der Waals surface area contributed by atoms with Gasteiger partial charge in [0.05, 0.1) is 6.54 Å². The molecular formula is C14H23N3O. The summed E-state index contributed by atoms with van der Waals surface area (Å²) < 4.78 is 0. The molecule has 1 aromatic rings. The number of benzene rings is 1. The molecule has 0 aliphatic carbocycles. The first-order valence-electron chi connectivity index (χ1n) is 6.29. The minimum absolute atomic E-state index is 0.0739. The normalized spacial score (nSPS) is 10.9. The highest BCUT2D eigenvalue weighted by molar-refractivity contribution is 5.78. The van der Waals surface area contributed by atoms with Crippen molar-refractivity contribution < 1.29 is 4.79 Å². The van der Waals surface area contributed by atoms with Gasteiger partial charge in [0.25, 0.3) is 0 Å². The number of hydrogen-bond acceptors (Lipinski definition) is 3. The number of amides is 1. The van der Waals surface area contributed by atoms with Crippen LogP contribution >= 0.6 is 0 Å². The smallest absolute Gasteiger partial charge is 0.234 e. The number of carbonyl (C=O) groups excluding carboxylic acids is 1. The first kappa shape index (κ1) is 14.5. The molecule has 1 rings (SSSR count). The summed E-state index contributed by atoms with van der Waals surface area (Å²) >= 11 is 0. The summed E-state index contributed by atoms with van der Waals surface area (Å²) in [5, 5.41) is 2.88. The largest absolute Gasteiger partial charge is 0.399 e. The van der Waals surface area contributed by atoms with E-state index in [0.717, 1.165) is 18.7 Å². The first-order chi connectivity index (χ1) is 8.47. The average Bonchev–Trinajstić information content (AvgIpc) is 2.27. The number of rotatable bonds is 6. The molecule has 0 bridgehead atoms. The van der Waals surface area contributed by atoms with Gasteiger partial charge in [-0.15, -0.1) is 0 Å². The van der Waals surface area contributed by atoms with E-state index in [4.69, 9.17) is 5.73 Å².